The second-order valence-corrected chi connectivity index (χ2v) is 6.17. The van der Waals surface area contributed by atoms with Crippen LogP contribution in [0.5, 0.6) is 0 Å². The Morgan fingerprint density at radius 1 is 1.45 bits per heavy atom. The first-order valence-electron chi connectivity index (χ1n) is 7.01. The molecule has 2 atom stereocenters. The number of hydrogen-bond acceptors (Lipinski definition) is 2. The topological polar surface area (TPSA) is 41.1 Å². The lowest BCUT2D eigenvalue weighted by atomic mass is 10.0. The summed E-state index contributed by atoms with van der Waals surface area (Å²) in [6.45, 7) is 4.07. The Labute approximate surface area is 130 Å². The minimum absolute atomic E-state index is 0.0565. The van der Waals surface area contributed by atoms with E-state index in [0.717, 1.165) is 25.1 Å². The van der Waals surface area contributed by atoms with E-state index in [1.807, 2.05) is 13.0 Å². The van der Waals surface area contributed by atoms with Gasteiger partial charge < -0.3 is 10.6 Å². The Hall–Kier alpha value is -0.770. The van der Waals surface area contributed by atoms with E-state index < -0.39 is 0 Å². The molecule has 0 bridgehead atoms. The SMILES string of the molecule is CC(NC(=O)CCC1CCNC1)c1ccc(Cl)c(Cl)c1. The third-order valence-electron chi connectivity index (χ3n) is 3.76. The average molecular weight is 315 g/mol. The molecule has 1 aromatic carbocycles. The van der Waals surface area contributed by atoms with E-state index in [2.05, 4.69) is 10.6 Å². The second kappa shape index (κ2) is 7.30. The highest BCUT2D eigenvalue weighted by molar-refractivity contribution is 6.42. The molecule has 0 spiro atoms. The van der Waals surface area contributed by atoms with Crippen molar-refractivity contribution in [2.75, 3.05) is 13.1 Å². The molecule has 5 heteroatoms. The first-order chi connectivity index (χ1) is 9.56. The van der Waals surface area contributed by atoms with Crippen LogP contribution in [0.1, 0.15) is 37.8 Å². The van der Waals surface area contributed by atoms with Gasteiger partial charge >= 0.3 is 0 Å². The fourth-order valence-electron chi connectivity index (χ4n) is 2.47. The second-order valence-electron chi connectivity index (χ2n) is 5.36. The van der Waals surface area contributed by atoms with Crippen LogP contribution in [0.15, 0.2) is 18.2 Å². The number of carbonyl (C=O) groups excluding carboxylic acids is 1. The van der Waals surface area contributed by atoms with Crippen LogP contribution < -0.4 is 10.6 Å². The third kappa shape index (κ3) is 4.37. The summed E-state index contributed by atoms with van der Waals surface area (Å²) < 4.78 is 0. The molecule has 0 saturated carbocycles. The molecule has 1 aliphatic heterocycles. The predicted molar refractivity (Wildman–Crippen MR) is 83.2 cm³/mol. The monoisotopic (exact) mass is 314 g/mol. The molecule has 1 aliphatic rings. The molecule has 2 unspecified atom stereocenters. The molecular formula is C15H20Cl2N2O. The summed E-state index contributed by atoms with van der Waals surface area (Å²) in [5.74, 6) is 0.733. The molecule has 0 aromatic heterocycles. The molecule has 2 rings (SSSR count). The van der Waals surface area contributed by atoms with Gasteiger partial charge in [-0.05, 0) is 56.5 Å². The van der Waals surface area contributed by atoms with Crippen LogP contribution in [-0.4, -0.2) is 19.0 Å². The number of hydrogen-bond donors (Lipinski definition) is 2. The van der Waals surface area contributed by atoms with E-state index in [1.54, 1.807) is 12.1 Å². The Kier molecular flexibility index (Phi) is 5.70. The van der Waals surface area contributed by atoms with Crippen LogP contribution in [-0.2, 0) is 4.79 Å². The number of amides is 1. The maximum atomic E-state index is 11.9. The highest BCUT2D eigenvalue weighted by Crippen LogP contribution is 2.25. The lowest BCUT2D eigenvalue weighted by molar-refractivity contribution is -0.122. The summed E-state index contributed by atoms with van der Waals surface area (Å²) in [5, 5.41) is 7.37. The van der Waals surface area contributed by atoms with Crippen molar-refractivity contribution < 1.29 is 4.79 Å². The summed E-state index contributed by atoms with van der Waals surface area (Å²) in [7, 11) is 0. The van der Waals surface area contributed by atoms with Crippen LogP contribution in [0.4, 0.5) is 0 Å². The van der Waals surface area contributed by atoms with E-state index in [4.69, 9.17) is 23.2 Å². The van der Waals surface area contributed by atoms with E-state index in [9.17, 15) is 4.79 Å². The van der Waals surface area contributed by atoms with Crippen molar-refractivity contribution >= 4 is 29.1 Å². The van der Waals surface area contributed by atoms with Crippen molar-refractivity contribution in [1.29, 1.82) is 0 Å². The molecule has 1 heterocycles. The van der Waals surface area contributed by atoms with Crippen molar-refractivity contribution in [3.05, 3.63) is 33.8 Å². The maximum Gasteiger partial charge on any atom is 0.220 e. The standard InChI is InChI=1S/C15H20Cl2N2O/c1-10(12-3-4-13(16)14(17)8-12)19-15(20)5-2-11-6-7-18-9-11/h3-4,8,10-11,18H,2,5-7,9H2,1H3,(H,19,20). The van der Waals surface area contributed by atoms with Gasteiger partial charge in [-0.25, -0.2) is 0 Å². The lowest BCUT2D eigenvalue weighted by Crippen LogP contribution is -2.27. The van der Waals surface area contributed by atoms with Gasteiger partial charge in [0.2, 0.25) is 5.91 Å². The van der Waals surface area contributed by atoms with Crippen molar-refractivity contribution in [2.24, 2.45) is 5.92 Å². The van der Waals surface area contributed by atoms with Crippen LogP contribution in [0.25, 0.3) is 0 Å². The molecule has 20 heavy (non-hydrogen) atoms. The summed E-state index contributed by atoms with van der Waals surface area (Å²) in [6.07, 6.45) is 2.71. The Bertz CT molecular complexity index is 473. The first-order valence-corrected chi connectivity index (χ1v) is 7.77. The normalized spacial score (nSPS) is 19.9. The molecule has 1 saturated heterocycles. The van der Waals surface area contributed by atoms with Crippen LogP contribution in [0, 0.1) is 5.92 Å². The molecular weight excluding hydrogens is 295 g/mol. The van der Waals surface area contributed by atoms with E-state index in [1.165, 1.54) is 6.42 Å². The predicted octanol–water partition coefficient (Wildman–Crippen LogP) is 3.56. The molecule has 110 valence electrons. The lowest BCUT2D eigenvalue weighted by Gasteiger charge is -2.16. The van der Waals surface area contributed by atoms with Crippen molar-refractivity contribution in [1.82, 2.24) is 10.6 Å². The zero-order valence-electron chi connectivity index (χ0n) is 11.6. The smallest absolute Gasteiger partial charge is 0.220 e. The van der Waals surface area contributed by atoms with Gasteiger partial charge in [-0.2, -0.15) is 0 Å². The van der Waals surface area contributed by atoms with Crippen molar-refractivity contribution in [3.8, 4) is 0 Å². The highest BCUT2D eigenvalue weighted by Gasteiger charge is 2.17. The van der Waals surface area contributed by atoms with Gasteiger partial charge in [0.25, 0.3) is 0 Å². The number of rotatable bonds is 5. The van der Waals surface area contributed by atoms with Gasteiger partial charge in [0.15, 0.2) is 0 Å². The molecule has 1 amide bonds. The average Bonchev–Trinajstić information content (AvgIpc) is 2.92. The molecule has 3 nitrogen and oxygen atoms in total. The molecule has 0 radical (unpaired) electrons. The van der Waals surface area contributed by atoms with E-state index >= 15 is 0 Å². The summed E-state index contributed by atoms with van der Waals surface area (Å²) in [5.41, 5.74) is 0.968. The van der Waals surface area contributed by atoms with E-state index in [-0.39, 0.29) is 11.9 Å². The number of carbonyl (C=O) groups is 1. The summed E-state index contributed by atoms with van der Waals surface area (Å²) in [6, 6.07) is 5.39. The van der Waals surface area contributed by atoms with Gasteiger partial charge in [0, 0.05) is 6.42 Å². The molecule has 1 fully saturated rings. The van der Waals surface area contributed by atoms with E-state index in [0.29, 0.717) is 22.4 Å². The first kappa shape index (κ1) is 15.6. The molecule has 2 N–H and O–H groups in total. The van der Waals surface area contributed by atoms with Crippen molar-refractivity contribution in [3.63, 3.8) is 0 Å². The van der Waals surface area contributed by atoms with Crippen molar-refractivity contribution in [2.45, 2.75) is 32.2 Å². The van der Waals surface area contributed by atoms with Gasteiger partial charge in [-0.3, -0.25) is 4.79 Å². The van der Waals surface area contributed by atoms with Gasteiger partial charge in [0.05, 0.1) is 16.1 Å². The number of benzene rings is 1. The Morgan fingerprint density at radius 2 is 2.25 bits per heavy atom. The van der Waals surface area contributed by atoms with Crippen LogP contribution >= 0.6 is 23.2 Å². The molecule has 1 aromatic rings. The molecule has 0 aliphatic carbocycles. The Morgan fingerprint density at radius 3 is 2.90 bits per heavy atom. The minimum atomic E-state index is -0.0565. The van der Waals surface area contributed by atoms with Gasteiger partial charge in [-0.1, -0.05) is 29.3 Å². The third-order valence-corrected chi connectivity index (χ3v) is 4.50. The zero-order valence-corrected chi connectivity index (χ0v) is 13.1. The number of nitrogens with one attached hydrogen (secondary N) is 2. The minimum Gasteiger partial charge on any atom is -0.350 e. The highest BCUT2D eigenvalue weighted by atomic mass is 35.5. The number of halogens is 2. The fourth-order valence-corrected chi connectivity index (χ4v) is 2.78. The zero-order chi connectivity index (χ0) is 14.5. The largest absolute Gasteiger partial charge is 0.350 e. The van der Waals surface area contributed by atoms with Crippen LogP contribution in [0.2, 0.25) is 10.0 Å². The quantitative estimate of drug-likeness (QED) is 0.872. The van der Waals surface area contributed by atoms with Crippen LogP contribution in [0.3, 0.4) is 0 Å². The summed E-state index contributed by atoms with van der Waals surface area (Å²) in [4.78, 5) is 11.9. The maximum absolute atomic E-state index is 11.9. The van der Waals surface area contributed by atoms with Gasteiger partial charge in [-0.15, -0.1) is 0 Å². The van der Waals surface area contributed by atoms with Gasteiger partial charge in [0.1, 0.15) is 0 Å². The summed E-state index contributed by atoms with van der Waals surface area (Å²) >= 11 is 11.9. The Balaban J connectivity index is 1.81. The fraction of sp³-hybridized carbons (Fsp3) is 0.533.